The molecule has 0 saturated heterocycles. The second kappa shape index (κ2) is 9.68. The average Bonchev–Trinajstić information content (AvgIpc) is 2.92. The quantitative estimate of drug-likeness (QED) is 0.413. The fourth-order valence-electron chi connectivity index (χ4n) is 3.14. The molecule has 0 bridgehead atoms. The first kappa shape index (κ1) is 20.4. The minimum Gasteiger partial charge on any atom is -0.481 e. The van der Waals surface area contributed by atoms with E-state index in [4.69, 9.17) is 15.6 Å². The molecule has 8 heteroatoms. The fourth-order valence-corrected chi connectivity index (χ4v) is 3.37. The van der Waals surface area contributed by atoms with Crippen molar-refractivity contribution in [2.75, 3.05) is 18.5 Å². The monoisotopic (exact) mass is 426 g/mol. The molecule has 1 aromatic carbocycles. The molecule has 0 aromatic heterocycles. The molecule has 26 heavy (non-hydrogen) atoms. The highest BCUT2D eigenvalue weighted by atomic mass is 79.9. The number of carboxylic acids is 1. The van der Waals surface area contributed by atoms with Gasteiger partial charge in [0.05, 0.1) is 6.61 Å². The van der Waals surface area contributed by atoms with Crippen molar-refractivity contribution in [1.29, 1.82) is 0 Å². The van der Waals surface area contributed by atoms with Crippen LogP contribution in [0.25, 0.3) is 0 Å². The lowest BCUT2D eigenvalue weighted by atomic mass is 10.00. The van der Waals surface area contributed by atoms with Crippen LogP contribution in [0.1, 0.15) is 40.7 Å². The number of aryl methyl sites for hydroxylation is 1. The summed E-state index contributed by atoms with van der Waals surface area (Å²) in [5.41, 5.74) is 7.91. The van der Waals surface area contributed by atoms with Crippen LogP contribution in [-0.2, 0) is 27.3 Å². The lowest BCUT2D eigenvalue weighted by Gasteiger charge is -2.24. The van der Waals surface area contributed by atoms with E-state index in [1.165, 1.54) is 4.90 Å². The number of carboxylic acid groups (broad SMARTS) is 1. The van der Waals surface area contributed by atoms with E-state index >= 15 is 0 Å². The van der Waals surface area contributed by atoms with Crippen LogP contribution < -0.4 is 5.73 Å². The van der Waals surface area contributed by atoms with Gasteiger partial charge in [0.15, 0.2) is 0 Å². The third-order valence-corrected chi connectivity index (χ3v) is 4.71. The van der Waals surface area contributed by atoms with Gasteiger partial charge in [-0.2, -0.15) is 0 Å². The highest BCUT2D eigenvalue weighted by Crippen LogP contribution is 2.29. The Balaban J connectivity index is 2.10. The van der Waals surface area contributed by atoms with E-state index in [0.29, 0.717) is 18.8 Å². The van der Waals surface area contributed by atoms with Crippen molar-refractivity contribution < 1.29 is 24.2 Å². The SMILES string of the molecule is NC(=O)C(CCC(=O)O)N1Cc2c(CCCOCCBr)cccc2C1=O. The largest absolute Gasteiger partial charge is 0.481 e. The van der Waals surface area contributed by atoms with Gasteiger partial charge in [-0.25, -0.2) is 0 Å². The van der Waals surface area contributed by atoms with E-state index < -0.39 is 17.9 Å². The molecule has 2 amide bonds. The van der Waals surface area contributed by atoms with Crippen molar-refractivity contribution in [2.45, 2.75) is 38.3 Å². The summed E-state index contributed by atoms with van der Waals surface area (Å²) in [5.74, 6) is -1.98. The predicted octanol–water partition coefficient (Wildman–Crippen LogP) is 1.71. The van der Waals surface area contributed by atoms with Crippen molar-refractivity contribution in [3.63, 3.8) is 0 Å². The normalized spacial score (nSPS) is 14.3. The molecule has 1 aliphatic heterocycles. The summed E-state index contributed by atoms with van der Waals surface area (Å²) in [7, 11) is 0. The van der Waals surface area contributed by atoms with Crippen LogP contribution in [0.5, 0.6) is 0 Å². The van der Waals surface area contributed by atoms with Crippen molar-refractivity contribution in [3.8, 4) is 0 Å². The topological polar surface area (TPSA) is 110 Å². The summed E-state index contributed by atoms with van der Waals surface area (Å²) in [6.45, 7) is 1.57. The molecular weight excluding hydrogens is 404 g/mol. The first-order chi connectivity index (χ1) is 12.5. The Morgan fingerprint density at radius 1 is 1.35 bits per heavy atom. The third kappa shape index (κ3) is 5.04. The third-order valence-electron chi connectivity index (χ3n) is 4.39. The number of benzene rings is 1. The van der Waals surface area contributed by atoms with E-state index in [9.17, 15) is 14.4 Å². The number of amides is 2. The van der Waals surface area contributed by atoms with Gasteiger partial charge in [0, 0.05) is 30.5 Å². The molecule has 0 aliphatic carbocycles. The Labute approximate surface area is 160 Å². The van der Waals surface area contributed by atoms with E-state index in [1.807, 2.05) is 12.1 Å². The molecule has 1 unspecified atom stereocenters. The van der Waals surface area contributed by atoms with Crippen LogP contribution >= 0.6 is 15.9 Å². The number of carbonyl (C=O) groups excluding carboxylic acids is 2. The fraction of sp³-hybridized carbons (Fsp3) is 0.500. The Kier molecular flexibility index (Phi) is 7.59. The molecule has 0 spiro atoms. The number of halogens is 1. The molecule has 0 radical (unpaired) electrons. The van der Waals surface area contributed by atoms with Crippen molar-refractivity contribution in [2.24, 2.45) is 5.73 Å². The number of fused-ring (bicyclic) bond motifs is 1. The van der Waals surface area contributed by atoms with E-state index in [0.717, 1.165) is 29.3 Å². The smallest absolute Gasteiger partial charge is 0.303 e. The lowest BCUT2D eigenvalue weighted by molar-refractivity contribution is -0.137. The van der Waals surface area contributed by atoms with Gasteiger partial charge in [0.25, 0.3) is 5.91 Å². The molecule has 3 N–H and O–H groups in total. The molecule has 1 aliphatic rings. The van der Waals surface area contributed by atoms with Crippen molar-refractivity contribution in [1.82, 2.24) is 4.90 Å². The number of carbonyl (C=O) groups is 3. The number of alkyl halides is 1. The van der Waals surface area contributed by atoms with Gasteiger partial charge in [0.1, 0.15) is 6.04 Å². The molecule has 2 rings (SSSR count). The molecule has 142 valence electrons. The number of hydrogen-bond donors (Lipinski definition) is 2. The van der Waals surface area contributed by atoms with Crippen LogP contribution in [0.4, 0.5) is 0 Å². The minimum atomic E-state index is -1.02. The molecule has 1 aromatic rings. The molecule has 7 nitrogen and oxygen atoms in total. The number of hydrogen-bond acceptors (Lipinski definition) is 4. The Hall–Kier alpha value is -1.93. The summed E-state index contributed by atoms with van der Waals surface area (Å²) in [5, 5.41) is 9.65. The van der Waals surface area contributed by atoms with E-state index in [-0.39, 0.29) is 25.3 Å². The molecule has 0 fully saturated rings. The maximum atomic E-state index is 12.7. The van der Waals surface area contributed by atoms with Gasteiger partial charge in [-0.15, -0.1) is 0 Å². The van der Waals surface area contributed by atoms with E-state index in [2.05, 4.69) is 15.9 Å². The standard InChI is InChI=1S/C18H23BrN2O5/c19-8-10-26-9-2-4-12-3-1-5-13-14(12)11-21(18(13)25)15(17(20)24)6-7-16(22)23/h1,3,5,15H,2,4,6-11H2,(H2,20,24)(H,22,23). The van der Waals surface area contributed by atoms with Crippen LogP contribution in [-0.4, -0.2) is 52.4 Å². The summed E-state index contributed by atoms with van der Waals surface area (Å²) >= 11 is 3.30. The first-order valence-electron chi connectivity index (χ1n) is 8.52. The zero-order valence-corrected chi connectivity index (χ0v) is 16.0. The number of nitrogens with zero attached hydrogens (tertiary/aromatic N) is 1. The number of ether oxygens (including phenoxy) is 1. The van der Waals surface area contributed by atoms with E-state index in [1.54, 1.807) is 6.07 Å². The van der Waals surface area contributed by atoms with Gasteiger partial charge in [-0.1, -0.05) is 28.1 Å². The first-order valence-corrected chi connectivity index (χ1v) is 9.64. The average molecular weight is 427 g/mol. The highest BCUT2D eigenvalue weighted by Gasteiger charge is 2.36. The zero-order chi connectivity index (χ0) is 19.1. The van der Waals surface area contributed by atoms with Gasteiger partial charge in [-0.05, 0) is 36.5 Å². The molecule has 1 heterocycles. The Bertz CT molecular complexity index is 680. The van der Waals surface area contributed by atoms with Crippen LogP contribution in [0.15, 0.2) is 18.2 Å². The lowest BCUT2D eigenvalue weighted by Crippen LogP contribution is -2.45. The van der Waals surface area contributed by atoms with Gasteiger partial charge in [-0.3, -0.25) is 14.4 Å². The molecule has 1 atom stereocenters. The van der Waals surface area contributed by atoms with Crippen LogP contribution in [0.2, 0.25) is 0 Å². The zero-order valence-electron chi connectivity index (χ0n) is 14.4. The van der Waals surface area contributed by atoms with Crippen molar-refractivity contribution in [3.05, 3.63) is 34.9 Å². The van der Waals surface area contributed by atoms with Crippen molar-refractivity contribution >= 4 is 33.7 Å². The summed E-state index contributed by atoms with van der Waals surface area (Å²) in [6.07, 6.45) is 1.39. The number of aliphatic carboxylic acids is 1. The number of nitrogens with two attached hydrogens (primary N) is 1. The Morgan fingerprint density at radius 2 is 2.12 bits per heavy atom. The summed E-state index contributed by atoms with van der Waals surface area (Å²) < 4.78 is 5.45. The second-order valence-electron chi connectivity index (χ2n) is 6.13. The second-order valence-corrected chi connectivity index (χ2v) is 6.92. The maximum absolute atomic E-state index is 12.7. The summed E-state index contributed by atoms with van der Waals surface area (Å²) in [4.78, 5) is 36.7. The molecule has 0 saturated carbocycles. The van der Waals surface area contributed by atoms with Gasteiger partial charge in [0.2, 0.25) is 5.91 Å². The van der Waals surface area contributed by atoms with Gasteiger partial charge >= 0.3 is 5.97 Å². The van der Waals surface area contributed by atoms with Crippen LogP contribution in [0, 0.1) is 0 Å². The predicted molar refractivity (Wildman–Crippen MR) is 99.1 cm³/mol. The van der Waals surface area contributed by atoms with Crippen LogP contribution in [0.3, 0.4) is 0 Å². The number of rotatable bonds is 11. The maximum Gasteiger partial charge on any atom is 0.303 e. The molecular formula is C18H23BrN2O5. The highest BCUT2D eigenvalue weighted by molar-refractivity contribution is 9.09. The summed E-state index contributed by atoms with van der Waals surface area (Å²) in [6, 6.07) is 4.61. The van der Waals surface area contributed by atoms with Gasteiger partial charge < -0.3 is 20.5 Å². The minimum absolute atomic E-state index is 0.0140. The Morgan fingerprint density at radius 3 is 2.77 bits per heavy atom. The number of primary amides is 1.